The smallest absolute Gasteiger partial charge is 0.410 e. The highest BCUT2D eigenvalue weighted by Crippen LogP contribution is 2.27. The van der Waals surface area contributed by atoms with Crippen molar-refractivity contribution in [2.45, 2.75) is 46.4 Å². The monoisotopic (exact) mass is 267 g/mol. The van der Waals surface area contributed by atoms with E-state index >= 15 is 0 Å². The number of aromatic nitrogens is 2. The van der Waals surface area contributed by atoms with Crippen molar-refractivity contribution in [3.8, 4) is 6.01 Å². The number of amides is 1. The second-order valence-electron chi connectivity index (χ2n) is 5.62. The van der Waals surface area contributed by atoms with E-state index < -0.39 is 5.60 Å². The van der Waals surface area contributed by atoms with Gasteiger partial charge in [-0.2, -0.15) is 4.98 Å². The lowest BCUT2D eigenvalue weighted by molar-refractivity contribution is 0.0236. The van der Waals surface area contributed by atoms with Crippen molar-refractivity contribution in [2.24, 2.45) is 7.05 Å². The first-order valence-corrected chi connectivity index (χ1v) is 6.47. The first kappa shape index (κ1) is 13.7. The van der Waals surface area contributed by atoms with E-state index in [-0.39, 0.29) is 6.09 Å². The van der Waals surface area contributed by atoms with Crippen LogP contribution < -0.4 is 4.74 Å². The summed E-state index contributed by atoms with van der Waals surface area (Å²) in [5, 5.41) is 0. The molecule has 0 N–H and O–H groups in total. The topological polar surface area (TPSA) is 56.6 Å². The second kappa shape index (κ2) is 4.75. The molecule has 1 aromatic heterocycles. The maximum absolute atomic E-state index is 12.0. The fourth-order valence-electron chi connectivity index (χ4n) is 2.02. The molecule has 0 bridgehead atoms. The Labute approximate surface area is 113 Å². The van der Waals surface area contributed by atoms with Gasteiger partial charge in [0.1, 0.15) is 5.60 Å². The van der Waals surface area contributed by atoms with Crippen LogP contribution in [0.25, 0.3) is 0 Å². The number of hydrogen-bond donors (Lipinski definition) is 0. The zero-order valence-corrected chi connectivity index (χ0v) is 12.2. The lowest BCUT2D eigenvalue weighted by Crippen LogP contribution is -2.33. The molecule has 0 spiro atoms. The molecule has 0 unspecified atom stereocenters. The van der Waals surface area contributed by atoms with Gasteiger partial charge in [-0.15, -0.1) is 0 Å². The first-order chi connectivity index (χ1) is 8.81. The lowest BCUT2D eigenvalue weighted by atomic mass is 10.2. The van der Waals surface area contributed by atoms with Crippen LogP contribution in [-0.4, -0.2) is 32.8 Å². The summed E-state index contributed by atoms with van der Waals surface area (Å²) >= 11 is 0. The van der Waals surface area contributed by atoms with Crippen LogP contribution in [0.4, 0.5) is 4.79 Å². The van der Waals surface area contributed by atoms with Crippen LogP contribution >= 0.6 is 0 Å². The van der Waals surface area contributed by atoms with Crippen LogP contribution in [0.2, 0.25) is 0 Å². The molecule has 106 valence electrons. The van der Waals surface area contributed by atoms with E-state index in [9.17, 15) is 4.79 Å². The summed E-state index contributed by atoms with van der Waals surface area (Å²) in [6.07, 6.45) is -0.302. The third kappa shape index (κ3) is 2.83. The summed E-state index contributed by atoms with van der Waals surface area (Å²) in [5.74, 6) is 0. The maximum Gasteiger partial charge on any atom is 0.410 e. The van der Waals surface area contributed by atoms with Crippen molar-refractivity contribution >= 4 is 6.09 Å². The van der Waals surface area contributed by atoms with Gasteiger partial charge in [0.2, 0.25) is 0 Å². The number of imidazole rings is 1. The van der Waals surface area contributed by atoms with Gasteiger partial charge < -0.3 is 9.47 Å². The third-order valence-corrected chi connectivity index (χ3v) is 2.86. The molecule has 1 aliphatic heterocycles. The molecule has 1 aromatic rings. The van der Waals surface area contributed by atoms with E-state index in [1.807, 2.05) is 39.3 Å². The molecular formula is C13H21N3O3. The third-order valence-electron chi connectivity index (χ3n) is 2.86. The average Bonchev–Trinajstić information content (AvgIpc) is 2.79. The lowest BCUT2D eigenvalue weighted by Gasteiger charge is -2.24. The van der Waals surface area contributed by atoms with E-state index in [0.29, 0.717) is 25.7 Å². The number of rotatable bonds is 2. The number of fused-ring (bicyclic) bond motifs is 1. The van der Waals surface area contributed by atoms with E-state index in [4.69, 9.17) is 9.47 Å². The summed E-state index contributed by atoms with van der Waals surface area (Å²) in [4.78, 5) is 18.0. The van der Waals surface area contributed by atoms with E-state index in [1.165, 1.54) is 0 Å². The highest BCUT2D eigenvalue weighted by Gasteiger charge is 2.31. The molecule has 0 aliphatic carbocycles. The fraction of sp³-hybridized carbons (Fsp3) is 0.692. The van der Waals surface area contributed by atoms with Crippen molar-refractivity contribution in [3.05, 3.63) is 11.4 Å². The predicted octanol–water partition coefficient (Wildman–Crippen LogP) is 2.07. The van der Waals surface area contributed by atoms with E-state index in [1.54, 1.807) is 4.90 Å². The van der Waals surface area contributed by atoms with Crippen molar-refractivity contribution in [2.75, 3.05) is 6.61 Å². The van der Waals surface area contributed by atoms with Crippen LogP contribution in [0.1, 0.15) is 39.1 Å². The highest BCUT2D eigenvalue weighted by atomic mass is 16.6. The minimum atomic E-state index is -0.476. The molecular weight excluding hydrogens is 246 g/mol. The maximum atomic E-state index is 12.0. The van der Waals surface area contributed by atoms with Crippen LogP contribution in [0.3, 0.4) is 0 Å². The molecule has 0 saturated carbocycles. The van der Waals surface area contributed by atoms with E-state index in [2.05, 4.69) is 4.98 Å². The Bertz CT molecular complexity index is 488. The SMILES string of the molecule is CCOc1nc2c(n1C)CN(C(=O)OC(C)(C)C)C2. The van der Waals surface area contributed by atoms with Crippen molar-refractivity contribution in [1.29, 1.82) is 0 Å². The van der Waals surface area contributed by atoms with Gasteiger partial charge in [0, 0.05) is 7.05 Å². The van der Waals surface area contributed by atoms with Gasteiger partial charge in [0.15, 0.2) is 0 Å². The Hall–Kier alpha value is -1.72. The van der Waals surface area contributed by atoms with Gasteiger partial charge in [-0.1, -0.05) is 0 Å². The Balaban J connectivity index is 2.07. The second-order valence-corrected chi connectivity index (χ2v) is 5.62. The molecule has 0 radical (unpaired) electrons. The Morgan fingerprint density at radius 1 is 1.37 bits per heavy atom. The molecule has 0 fully saturated rings. The Morgan fingerprint density at radius 2 is 2.05 bits per heavy atom. The van der Waals surface area contributed by atoms with Gasteiger partial charge in [-0.25, -0.2) is 4.79 Å². The van der Waals surface area contributed by atoms with Gasteiger partial charge in [0.05, 0.1) is 31.1 Å². The number of carbonyl (C=O) groups is 1. The zero-order valence-electron chi connectivity index (χ0n) is 12.2. The molecule has 19 heavy (non-hydrogen) atoms. The van der Waals surface area contributed by atoms with Gasteiger partial charge in [-0.3, -0.25) is 9.47 Å². The Kier molecular flexibility index (Phi) is 3.43. The minimum absolute atomic E-state index is 0.302. The zero-order chi connectivity index (χ0) is 14.2. The average molecular weight is 267 g/mol. The van der Waals surface area contributed by atoms with E-state index in [0.717, 1.165) is 11.4 Å². The molecule has 1 amide bonds. The Morgan fingerprint density at radius 3 is 2.58 bits per heavy atom. The summed E-state index contributed by atoms with van der Waals surface area (Å²) in [6.45, 7) is 9.08. The van der Waals surface area contributed by atoms with Crippen LogP contribution in [-0.2, 0) is 24.9 Å². The molecule has 6 nitrogen and oxygen atoms in total. The van der Waals surface area contributed by atoms with Gasteiger partial charge in [0.25, 0.3) is 6.01 Å². The predicted molar refractivity (Wildman–Crippen MR) is 69.9 cm³/mol. The molecule has 6 heteroatoms. The first-order valence-electron chi connectivity index (χ1n) is 6.47. The normalized spacial score (nSPS) is 14.5. The highest BCUT2D eigenvalue weighted by molar-refractivity contribution is 5.69. The van der Waals surface area contributed by atoms with Gasteiger partial charge >= 0.3 is 6.09 Å². The number of carbonyl (C=O) groups excluding carboxylic acids is 1. The largest absolute Gasteiger partial charge is 0.465 e. The molecule has 2 rings (SSSR count). The fourth-order valence-corrected chi connectivity index (χ4v) is 2.02. The minimum Gasteiger partial charge on any atom is -0.465 e. The summed E-state index contributed by atoms with van der Waals surface area (Å²) in [7, 11) is 1.90. The molecule has 1 aliphatic rings. The summed E-state index contributed by atoms with van der Waals surface area (Å²) in [6, 6.07) is 0.608. The molecule has 0 saturated heterocycles. The summed E-state index contributed by atoms with van der Waals surface area (Å²) in [5.41, 5.74) is 1.42. The number of nitrogens with zero attached hydrogens (tertiary/aromatic N) is 3. The van der Waals surface area contributed by atoms with Crippen LogP contribution in [0.5, 0.6) is 6.01 Å². The quantitative estimate of drug-likeness (QED) is 0.823. The number of ether oxygens (including phenoxy) is 2. The molecule has 0 atom stereocenters. The molecule has 2 heterocycles. The summed E-state index contributed by atoms with van der Waals surface area (Å²) < 4.78 is 12.7. The standard InChI is InChI=1S/C13H21N3O3/c1-6-18-11-14-9-7-16(8-10(9)15(11)5)12(17)19-13(2,3)4/h6-8H2,1-5H3. The van der Waals surface area contributed by atoms with Gasteiger partial charge in [-0.05, 0) is 27.7 Å². The van der Waals surface area contributed by atoms with Crippen molar-refractivity contribution < 1.29 is 14.3 Å². The number of hydrogen-bond acceptors (Lipinski definition) is 4. The van der Waals surface area contributed by atoms with Crippen LogP contribution in [0, 0.1) is 0 Å². The molecule has 0 aromatic carbocycles. The van der Waals surface area contributed by atoms with Crippen molar-refractivity contribution in [3.63, 3.8) is 0 Å². The van der Waals surface area contributed by atoms with Crippen LogP contribution in [0.15, 0.2) is 0 Å². The van der Waals surface area contributed by atoms with Crippen molar-refractivity contribution in [1.82, 2.24) is 14.5 Å².